The Hall–Kier alpha value is -4.61. The molecule has 3 N–H and O–H groups in total. The first kappa shape index (κ1) is 34.8. The van der Waals surface area contributed by atoms with Gasteiger partial charge >= 0.3 is 0 Å². The molecule has 0 radical (unpaired) electrons. The van der Waals surface area contributed by atoms with Gasteiger partial charge in [0.05, 0.1) is 6.20 Å². The van der Waals surface area contributed by atoms with Crippen LogP contribution in [-0.2, 0) is 19.4 Å². The van der Waals surface area contributed by atoms with Crippen molar-refractivity contribution in [1.29, 1.82) is 0 Å². The van der Waals surface area contributed by atoms with Gasteiger partial charge in [-0.3, -0.25) is 14.3 Å². The third-order valence-electron chi connectivity index (χ3n) is 10.3. The molecule has 10 nitrogen and oxygen atoms in total. The fourth-order valence-electron chi connectivity index (χ4n) is 7.45. The van der Waals surface area contributed by atoms with E-state index < -0.39 is 11.7 Å². The smallest absolute Gasteiger partial charge is 0.272 e. The molecule has 2 aromatic carbocycles. The van der Waals surface area contributed by atoms with E-state index in [1.165, 1.54) is 24.6 Å². The van der Waals surface area contributed by atoms with Gasteiger partial charge in [0.25, 0.3) is 11.8 Å². The molecule has 2 fully saturated rings. The number of pyridine rings is 1. The minimum absolute atomic E-state index is 0.00893. The van der Waals surface area contributed by atoms with Crippen molar-refractivity contribution in [3.8, 4) is 22.8 Å². The second-order valence-electron chi connectivity index (χ2n) is 14.1. The molecule has 268 valence electrons. The monoisotopic (exact) mass is 693 g/mol. The summed E-state index contributed by atoms with van der Waals surface area (Å²) in [7, 11) is 0. The molecule has 0 bridgehead atoms. The van der Waals surface area contributed by atoms with Crippen molar-refractivity contribution in [2.45, 2.75) is 82.8 Å². The van der Waals surface area contributed by atoms with Crippen LogP contribution < -0.4 is 20.7 Å². The van der Waals surface area contributed by atoms with Gasteiger partial charge in [0.2, 0.25) is 5.88 Å². The number of rotatable bonds is 11. The standard InChI is InChI=1S/C40H48FN7O3/c41-31-25-36(38(49)44-32-14-16-33(17-15-32)45-39(50)37-26-34-8-1-2-22-48(34)46-37)40(43-27-31)51-35-9-3-7-30(24-35)29-12-10-28(11-13-29)6-4-20-47-21-5-18-42-19-23-47/h3,7,9-13,24-27,32-33,42H,1-2,4-6,8,14-23H2,(H,44,49)(H,45,50)/t32-,33+. The Labute approximate surface area is 299 Å². The highest BCUT2D eigenvalue weighted by molar-refractivity contribution is 5.96. The highest BCUT2D eigenvalue weighted by Gasteiger charge is 2.27. The second-order valence-corrected chi connectivity index (χ2v) is 14.1. The van der Waals surface area contributed by atoms with Crippen LogP contribution in [0.5, 0.6) is 11.6 Å². The number of benzene rings is 2. The van der Waals surface area contributed by atoms with E-state index in [2.05, 4.69) is 55.2 Å². The molecule has 1 aliphatic carbocycles. The number of hydrogen-bond acceptors (Lipinski definition) is 7. The number of halogens is 1. The second kappa shape index (κ2) is 16.6. The molecular weight excluding hydrogens is 645 g/mol. The van der Waals surface area contributed by atoms with E-state index in [-0.39, 0.29) is 29.4 Å². The van der Waals surface area contributed by atoms with Crippen molar-refractivity contribution >= 4 is 11.8 Å². The van der Waals surface area contributed by atoms with Crippen molar-refractivity contribution in [2.75, 3.05) is 32.7 Å². The number of nitrogens with one attached hydrogen (secondary N) is 3. The summed E-state index contributed by atoms with van der Waals surface area (Å²) in [5.74, 6) is -0.647. The fourth-order valence-corrected chi connectivity index (χ4v) is 7.45. The molecule has 1 saturated carbocycles. The van der Waals surface area contributed by atoms with Gasteiger partial charge in [-0.25, -0.2) is 9.37 Å². The first-order valence-corrected chi connectivity index (χ1v) is 18.6. The number of carbonyl (C=O) groups is 2. The van der Waals surface area contributed by atoms with E-state index in [4.69, 9.17) is 4.74 Å². The number of aryl methyl sites for hydroxylation is 3. The average molecular weight is 694 g/mol. The number of amides is 2. The highest BCUT2D eigenvalue weighted by atomic mass is 19.1. The number of aromatic nitrogens is 3. The molecule has 7 rings (SSSR count). The fraction of sp³-hybridized carbons (Fsp3) is 0.450. The SMILES string of the molecule is O=C(N[C@H]1CC[C@@H](NC(=O)c2cc(F)cnc2Oc2cccc(-c3ccc(CCCN4CCCNCC4)cc3)c2)CC1)c1cc2n(n1)CCCC2. The zero-order chi connectivity index (χ0) is 35.0. The Balaban J connectivity index is 0.919. The van der Waals surface area contributed by atoms with Gasteiger partial charge in [-0.15, -0.1) is 0 Å². The van der Waals surface area contributed by atoms with Gasteiger partial charge in [-0.2, -0.15) is 5.10 Å². The lowest BCUT2D eigenvalue weighted by atomic mass is 9.91. The molecular formula is C40H48FN7O3. The Morgan fingerprint density at radius 1 is 0.863 bits per heavy atom. The number of carbonyl (C=O) groups excluding carboxylic acids is 2. The molecule has 3 aliphatic rings. The molecule has 0 unspecified atom stereocenters. The summed E-state index contributed by atoms with van der Waals surface area (Å²) in [6, 6.07) is 19.2. The van der Waals surface area contributed by atoms with Gasteiger partial charge in [0.15, 0.2) is 0 Å². The van der Waals surface area contributed by atoms with Crippen molar-refractivity contribution in [2.24, 2.45) is 0 Å². The van der Waals surface area contributed by atoms with Gasteiger partial charge in [-0.05, 0) is 125 Å². The van der Waals surface area contributed by atoms with E-state index in [1.54, 1.807) is 6.07 Å². The summed E-state index contributed by atoms with van der Waals surface area (Å²) in [6.45, 7) is 6.46. The van der Waals surface area contributed by atoms with E-state index >= 15 is 0 Å². The summed E-state index contributed by atoms with van der Waals surface area (Å²) < 4.78 is 22.4. The highest BCUT2D eigenvalue weighted by Crippen LogP contribution is 2.29. The van der Waals surface area contributed by atoms with Crippen molar-refractivity contribution in [3.63, 3.8) is 0 Å². The molecule has 2 amide bonds. The molecule has 2 aliphatic heterocycles. The maximum Gasteiger partial charge on any atom is 0.272 e. The summed E-state index contributed by atoms with van der Waals surface area (Å²) in [5, 5.41) is 14.1. The van der Waals surface area contributed by atoms with E-state index in [1.807, 2.05) is 28.9 Å². The zero-order valence-electron chi connectivity index (χ0n) is 29.2. The summed E-state index contributed by atoms with van der Waals surface area (Å²) >= 11 is 0. The lowest BCUT2D eigenvalue weighted by Crippen LogP contribution is -2.44. The third kappa shape index (κ3) is 9.20. The number of hydrogen-bond donors (Lipinski definition) is 3. The first-order chi connectivity index (χ1) is 25.0. The van der Waals surface area contributed by atoms with Gasteiger partial charge in [0.1, 0.15) is 22.8 Å². The molecule has 4 aromatic rings. The lowest BCUT2D eigenvalue weighted by molar-refractivity contribution is 0.0887. The maximum absolute atomic E-state index is 14.4. The molecule has 11 heteroatoms. The molecule has 1 saturated heterocycles. The van der Waals surface area contributed by atoms with Crippen LogP contribution in [0.25, 0.3) is 11.1 Å². The first-order valence-electron chi connectivity index (χ1n) is 18.6. The van der Waals surface area contributed by atoms with Gasteiger partial charge in [0, 0.05) is 37.4 Å². The molecule has 51 heavy (non-hydrogen) atoms. The summed E-state index contributed by atoms with van der Waals surface area (Å²) in [6.07, 6.45) is 10.4. The summed E-state index contributed by atoms with van der Waals surface area (Å²) in [4.78, 5) is 33.0. The van der Waals surface area contributed by atoms with E-state index in [9.17, 15) is 14.0 Å². The largest absolute Gasteiger partial charge is 0.438 e. The van der Waals surface area contributed by atoms with Gasteiger partial charge in [-0.1, -0.05) is 36.4 Å². The summed E-state index contributed by atoms with van der Waals surface area (Å²) in [5.41, 5.74) is 4.98. The zero-order valence-corrected chi connectivity index (χ0v) is 29.2. The third-order valence-corrected chi connectivity index (χ3v) is 10.3. The Bertz CT molecular complexity index is 1770. The molecule has 4 heterocycles. The van der Waals surface area contributed by atoms with Crippen LogP contribution in [0, 0.1) is 5.82 Å². The van der Waals surface area contributed by atoms with Crippen LogP contribution in [0.2, 0.25) is 0 Å². The van der Waals surface area contributed by atoms with Crippen LogP contribution >= 0.6 is 0 Å². The van der Waals surface area contributed by atoms with Crippen molar-refractivity contribution in [3.05, 3.63) is 95.2 Å². The average Bonchev–Trinajstić information content (AvgIpc) is 3.43. The van der Waals surface area contributed by atoms with Crippen LogP contribution in [0.1, 0.15) is 83.5 Å². The van der Waals surface area contributed by atoms with Crippen LogP contribution in [0.4, 0.5) is 4.39 Å². The van der Waals surface area contributed by atoms with E-state index in [0.29, 0.717) is 24.3 Å². The normalized spacial score (nSPS) is 19.5. The number of fused-ring (bicyclic) bond motifs is 1. The molecule has 2 aromatic heterocycles. The molecule has 0 spiro atoms. The Morgan fingerprint density at radius 3 is 2.47 bits per heavy atom. The van der Waals surface area contributed by atoms with Gasteiger partial charge < -0.3 is 25.6 Å². The van der Waals surface area contributed by atoms with E-state index in [0.717, 1.165) is 101 Å². The topological polar surface area (TPSA) is 113 Å². The molecule has 0 atom stereocenters. The Morgan fingerprint density at radius 2 is 1.67 bits per heavy atom. The predicted molar refractivity (Wildman–Crippen MR) is 195 cm³/mol. The number of ether oxygens (including phenoxy) is 1. The van der Waals surface area contributed by atoms with Crippen molar-refractivity contribution < 1.29 is 18.7 Å². The number of nitrogens with zero attached hydrogens (tertiary/aromatic N) is 4. The minimum Gasteiger partial charge on any atom is -0.438 e. The maximum atomic E-state index is 14.4. The predicted octanol–water partition coefficient (Wildman–Crippen LogP) is 5.91. The van der Waals surface area contributed by atoms with Crippen molar-refractivity contribution in [1.82, 2.24) is 35.6 Å². The van der Waals surface area contributed by atoms with Crippen LogP contribution in [0.3, 0.4) is 0 Å². The lowest BCUT2D eigenvalue weighted by Gasteiger charge is -2.29. The Kier molecular flexibility index (Phi) is 11.3. The minimum atomic E-state index is -0.614. The van der Waals surface area contributed by atoms with Crippen LogP contribution in [-0.4, -0.2) is 76.3 Å². The van der Waals surface area contributed by atoms with Crippen LogP contribution in [0.15, 0.2) is 66.9 Å². The quantitative estimate of drug-likeness (QED) is 0.179.